The minimum atomic E-state index is -3.85. The average molecular weight is 847 g/mol. The molecule has 0 amide bonds. The van der Waals surface area contributed by atoms with Gasteiger partial charge in [0.05, 0.1) is 9.79 Å². The monoisotopic (exact) mass is 846 g/mol. The van der Waals surface area contributed by atoms with Crippen molar-refractivity contribution in [3.05, 3.63) is 203 Å². The van der Waals surface area contributed by atoms with E-state index in [1.807, 2.05) is 74.5 Å². The van der Waals surface area contributed by atoms with Crippen molar-refractivity contribution in [2.75, 3.05) is 0 Å². The summed E-state index contributed by atoms with van der Waals surface area (Å²) in [5.74, 6) is 0. The Morgan fingerprint density at radius 2 is 0.661 bits per heavy atom. The number of fused-ring (bicyclic) bond motifs is 12. The van der Waals surface area contributed by atoms with Gasteiger partial charge in [0.25, 0.3) is 0 Å². The first-order chi connectivity index (χ1) is 30.1. The van der Waals surface area contributed by atoms with Gasteiger partial charge in [0.15, 0.2) is 0 Å². The fourth-order valence-electron chi connectivity index (χ4n) is 9.81. The highest BCUT2D eigenvalue weighted by atomic mass is 32.2. The molecule has 0 spiro atoms. The van der Waals surface area contributed by atoms with Crippen molar-refractivity contribution in [2.45, 2.75) is 49.8 Å². The summed E-state index contributed by atoms with van der Waals surface area (Å²) in [6.07, 6.45) is 0. The van der Waals surface area contributed by atoms with E-state index in [0.717, 1.165) is 100 Å². The highest BCUT2D eigenvalue weighted by Gasteiger charge is 2.39. The van der Waals surface area contributed by atoms with E-state index < -0.39 is 20.0 Å². The van der Waals surface area contributed by atoms with E-state index in [-0.39, 0.29) is 36.0 Å². The van der Waals surface area contributed by atoms with Gasteiger partial charge in [-0.1, -0.05) is 145 Å². The number of hydrogen-bond donors (Lipinski definition) is 0. The maximum Gasteiger partial charge on any atom is 0.243 e. The van der Waals surface area contributed by atoms with Crippen molar-refractivity contribution in [3.8, 4) is 66.8 Å². The predicted molar refractivity (Wildman–Crippen MR) is 248 cm³/mol. The molecule has 6 nitrogen and oxygen atoms in total. The van der Waals surface area contributed by atoms with Crippen molar-refractivity contribution in [3.63, 3.8) is 0 Å². The summed E-state index contributed by atoms with van der Waals surface area (Å²) in [4.78, 5) is 0.556. The molecule has 8 heteroatoms. The zero-order chi connectivity index (χ0) is 42.3. The smallest absolute Gasteiger partial charge is 0.207 e. The van der Waals surface area contributed by atoms with Gasteiger partial charge in [0.1, 0.15) is 0 Å². The molecule has 8 aromatic rings. The van der Waals surface area contributed by atoms with Crippen molar-refractivity contribution in [1.82, 2.24) is 8.61 Å². The Labute approximate surface area is 363 Å². The zero-order valence-corrected chi connectivity index (χ0v) is 36.0. The molecule has 0 aromatic heterocycles. The topological polar surface area (TPSA) is 74.8 Å². The van der Waals surface area contributed by atoms with Gasteiger partial charge in [0, 0.05) is 26.2 Å². The fraction of sp³-hybridized carbons (Fsp3) is 0.111. The first-order valence-electron chi connectivity index (χ1n) is 20.9. The predicted octanol–water partition coefficient (Wildman–Crippen LogP) is 12.0. The molecule has 2 aliphatic heterocycles. The molecule has 0 saturated carbocycles. The standard InChI is InChI=1S/C54H42N2O4S2/c1-35-21-25-39(26-22-35)61(57,58)55-31-49-45(37-13-5-3-6-14-37)29-47-42-18-10-12-20-44(42)54-48(41-17-9-11-19-43(41)53(47)51(49)33-55)30-46(38-15-7-4-8-16-38)50-32-56(34-52(50)54)62(59,60)40-27-23-36(2)24-28-40/h3-30H,31-34H2,1-2H3. The van der Waals surface area contributed by atoms with E-state index in [4.69, 9.17) is 0 Å². The zero-order valence-electron chi connectivity index (χ0n) is 34.3. The molecule has 0 saturated heterocycles. The molecule has 62 heavy (non-hydrogen) atoms. The molecule has 2 heterocycles. The lowest BCUT2D eigenvalue weighted by molar-refractivity contribution is 0.431. The highest BCUT2D eigenvalue weighted by Crippen LogP contribution is 2.55. The van der Waals surface area contributed by atoms with Crippen molar-refractivity contribution < 1.29 is 16.8 Å². The lowest BCUT2D eigenvalue weighted by Gasteiger charge is -2.28. The third-order valence-electron chi connectivity index (χ3n) is 12.9. The lowest BCUT2D eigenvalue weighted by Crippen LogP contribution is -2.25. The lowest BCUT2D eigenvalue weighted by atomic mass is 9.75. The maximum atomic E-state index is 14.5. The maximum absolute atomic E-state index is 14.5. The molecular formula is C54H42N2O4S2. The van der Waals surface area contributed by atoms with Crippen LogP contribution in [0.5, 0.6) is 0 Å². The minimum absolute atomic E-state index is 0.211. The van der Waals surface area contributed by atoms with E-state index in [1.54, 1.807) is 32.9 Å². The van der Waals surface area contributed by atoms with Gasteiger partial charge in [-0.25, -0.2) is 16.8 Å². The summed E-state index contributed by atoms with van der Waals surface area (Å²) in [5, 5.41) is 0. The van der Waals surface area contributed by atoms with E-state index in [1.165, 1.54) is 0 Å². The normalized spacial score (nSPS) is 14.5. The summed E-state index contributed by atoms with van der Waals surface area (Å²) in [6.45, 7) is 4.81. The Kier molecular flexibility index (Phi) is 9.07. The Morgan fingerprint density at radius 3 is 1.03 bits per heavy atom. The number of benzene rings is 8. The second-order valence-electron chi connectivity index (χ2n) is 16.6. The summed E-state index contributed by atoms with van der Waals surface area (Å²) in [5.41, 5.74) is 18.0. The summed E-state index contributed by atoms with van der Waals surface area (Å²) < 4.78 is 61.3. The van der Waals surface area contributed by atoms with Gasteiger partial charge in [-0.2, -0.15) is 8.61 Å². The van der Waals surface area contributed by atoms with Crippen molar-refractivity contribution in [1.29, 1.82) is 0 Å². The number of sulfonamides is 2. The fourth-order valence-corrected chi connectivity index (χ4v) is 12.6. The molecule has 304 valence electrons. The molecule has 0 bridgehead atoms. The van der Waals surface area contributed by atoms with Crippen LogP contribution in [0.2, 0.25) is 0 Å². The highest BCUT2D eigenvalue weighted by molar-refractivity contribution is 7.89. The number of rotatable bonds is 6. The molecule has 0 radical (unpaired) electrons. The van der Waals surface area contributed by atoms with Crippen molar-refractivity contribution >= 4 is 20.0 Å². The Morgan fingerprint density at radius 1 is 0.339 bits per heavy atom. The Bertz CT molecular complexity index is 3100. The SMILES string of the molecule is Cc1ccc(S(=O)(=O)N2Cc3c(-c4ccccc4)cc4c(c3C2)-c2ccccc2-c2cc(-c3ccccc3)c3c(c2-c2ccccc2-4)CN(S(=O)(=O)c2ccc(C)cc2)C3)cc1. The molecule has 8 aromatic carbocycles. The largest absolute Gasteiger partial charge is 0.243 e. The second kappa shape index (κ2) is 14.6. The molecular weight excluding hydrogens is 805 g/mol. The van der Waals surface area contributed by atoms with E-state index in [9.17, 15) is 16.8 Å². The molecule has 0 unspecified atom stereocenters. The number of aryl methyl sites for hydroxylation is 2. The first kappa shape index (κ1) is 38.5. The van der Waals surface area contributed by atoms with E-state index in [2.05, 4.69) is 84.9 Å². The van der Waals surface area contributed by atoms with Crippen LogP contribution in [-0.4, -0.2) is 25.4 Å². The molecule has 0 fully saturated rings. The van der Waals surface area contributed by atoms with Crippen LogP contribution in [-0.2, 0) is 46.2 Å². The summed E-state index contributed by atoms with van der Waals surface area (Å²) >= 11 is 0. The van der Waals surface area contributed by atoms with Crippen LogP contribution >= 0.6 is 0 Å². The summed E-state index contributed by atoms with van der Waals surface area (Å²) in [7, 11) is -7.71. The first-order valence-corrected chi connectivity index (χ1v) is 23.8. The van der Waals surface area contributed by atoms with Crippen molar-refractivity contribution in [2.24, 2.45) is 0 Å². The number of hydrogen-bond acceptors (Lipinski definition) is 4. The van der Waals surface area contributed by atoms with E-state index in [0.29, 0.717) is 0 Å². The third-order valence-corrected chi connectivity index (χ3v) is 16.5. The van der Waals surface area contributed by atoms with Crippen LogP contribution in [0.1, 0.15) is 33.4 Å². The van der Waals surface area contributed by atoms with Crippen LogP contribution in [0, 0.1) is 13.8 Å². The second-order valence-corrected chi connectivity index (χ2v) is 20.5. The van der Waals surface area contributed by atoms with Gasteiger partial charge in [-0.3, -0.25) is 0 Å². The quantitative estimate of drug-likeness (QED) is 0.167. The Hall–Kier alpha value is -6.42. The molecule has 3 aliphatic rings. The van der Waals surface area contributed by atoms with Crippen LogP contribution in [0.25, 0.3) is 66.8 Å². The molecule has 0 atom stereocenters. The molecule has 0 N–H and O–H groups in total. The van der Waals surface area contributed by atoms with Crippen LogP contribution in [0.4, 0.5) is 0 Å². The average Bonchev–Trinajstić information content (AvgIpc) is 3.96. The number of nitrogens with zero attached hydrogens (tertiary/aromatic N) is 2. The Balaban J connectivity index is 1.19. The molecule has 11 rings (SSSR count). The van der Waals surface area contributed by atoms with Gasteiger partial charge < -0.3 is 0 Å². The van der Waals surface area contributed by atoms with Gasteiger partial charge in [-0.05, 0) is 139 Å². The minimum Gasteiger partial charge on any atom is -0.207 e. The third kappa shape index (κ3) is 6.12. The summed E-state index contributed by atoms with van der Waals surface area (Å²) in [6, 6.07) is 56.1. The van der Waals surface area contributed by atoms with Crippen LogP contribution < -0.4 is 0 Å². The van der Waals surface area contributed by atoms with Crippen LogP contribution in [0.3, 0.4) is 0 Å². The molecule has 1 aliphatic carbocycles. The van der Waals surface area contributed by atoms with Gasteiger partial charge in [0.2, 0.25) is 20.0 Å². The van der Waals surface area contributed by atoms with Gasteiger partial charge in [-0.15, -0.1) is 0 Å². The van der Waals surface area contributed by atoms with Crippen LogP contribution in [0.15, 0.2) is 180 Å². The van der Waals surface area contributed by atoms with Gasteiger partial charge >= 0.3 is 0 Å². The van der Waals surface area contributed by atoms with E-state index >= 15 is 0 Å².